The van der Waals surface area contributed by atoms with E-state index < -0.39 is 16.0 Å². The average Bonchev–Trinajstić information content (AvgIpc) is 3.19. The zero-order chi connectivity index (χ0) is 27.3. The molecule has 0 fully saturated rings. The first-order chi connectivity index (χ1) is 18.2. The minimum atomic E-state index is -3.87. The van der Waals surface area contributed by atoms with Gasteiger partial charge < -0.3 is 9.30 Å². The topological polar surface area (TPSA) is 101 Å². The monoisotopic (exact) mass is 525 g/mol. The number of nitriles is 1. The number of benzene rings is 3. The van der Waals surface area contributed by atoms with Gasteiger partial charge in [0.05, 0.1) is 23.1 Å². The second kappa shape index (κ2) is 11.2. The zero-order valence-corrected chi connectivity index (χ0v) is 22.1. The van der Waals surface area contributed by atoms with Crippen LogP contribution < -0.4 is 4.72 Å². The van der Waals surface area contributed by atoms with Crippen molar-refractivity contribution in [3.63, 3.8) is 0 Å². The molecule has 192 valence electrons. The summed E-state index contributed by atoms with van der Waals surface area (Å²) in [5, 5.41) is 10.1. The van der Waals surface area contributed by atoms with E-state index in [9.17, 15) is 18.5 Å². The molecule has 0 aliphatic rings. The Morgan fingerprint density at radius 3 is 2.39 bits per heavy atom. The van der Waals surface area contributed by atoms with Gasteiger partial charge >= 0.3 is 5.97 Å². The molecular formula is C30H27N3O4S. The van der Waals surface area contributed by atoms with Gasteiger partial charge in [0.1, 0.15) is 0 Å². The van der Waals surface area contributed by atoms with E-state index in [1.54, 1.807) is 61.5 Å². The number of nitrogens with zero attached hydrogens (tertiary/aromatic N) is 2. The van der Waals surface area contributed by atoms with E-state index in [0.717, 1.165) is 22.0 Å². The van der Waals surface area contributed by atoms with Crippen molar-refractivity contribution in [3.05, 3.63) is 113 Å². The van der Waals surface area contributed by atoms with Gasteiger partial charge in [-0.25, -0.2) is 13.2 Å². The molecule has 0 unspecified atom stereocenters. The first-order valence-corrected chi connectivity index (χ1v) is 13.5. The molecule has 3 aromatic carbocycles. The van der Waals surface area contributed by atoms with Crippen LogP contribution in [0.15, 0.2) is 90.0 Å². The largest absolute Gasteiger partial charge is 0.463 e. The summed E-state index contributed by atoms with van der Waals surface area (Å²) in [6.07, 6.45) is 4.48. The van der Waals surface area contributed by atoms with Crippen LogP contribution in [0.4, 0.5) is 0 Å². The number of rotatable bonds is 8. The number of fused-ring (bicyclic) bond motifs is 1. The van der Waals surface area contributed by atoms with Gasteiger partial charge in [-0.15, -0.1) is 0 Å². The molecule has 4 aromatic rings. The number of nitrogens with one attached hydrogen (secondary N) is 1. The quantitative estimate of drug-likeness (QED) is 0.248. The molecule has 4 rings (SSSR count). The van der Waals surface area contributed by atoms with Crippen molar-refractivity contribution in [3.8, 4) is 6.07 Å². The highest BCUT2D eigenvalue weighted by Crippen LogP contribution is 2.35. The van der Waals surface area contributed by atoms with Crippen molar-refractivity contribution in [2.45, 2.75) is 18.7 Å². The van der Waals surface area contributed by atoms with Crippen molar-refractivity contribution in [2.75, 3.05) is 6.61 Å². The number of esters is 1. The predicted octanol–water partition coefficient (Wildman–Crippen LogP) is 5.30. The third kappa shape index (κ3) is 5.53. The predicted molar refractivity (Wildman–Crippen MR) is 148 cm³/mol. The molecule has 0 saturated heterocycles. The standard InChI is InChI=1S/C30H27N3O4S/c1-4-37-29(34)18-17-28-30(25-7-5-6-8-27(25)33(28)3)26(23-13-11-22(19-31)12-14-23)20-32-38(35,36)24-15-9-21(2)10-16-24/h5-18,20,32H,4H2,1-3H3/b18-17+,26-20?. The van der Waals surface area contributed by atoms with Crippen LogP contribution in [0.2, 0.25) is 0 Å². The van der Waals surface area contributed by atoms with Gasteiger partial charge in [0.2, 0.25) is 0 Å². The number of sulfonamides is 1. The van der Waals surface area contributed by atoms with Crippen LogP contribution >= 0.6 is 0 Å². The van der Waals surface area contributed by atoms with Crippen molar-refractivity contribution in [1.82, 2.24) is 9.29 Å². The third-order valence-corrected chi connectivity index (χ3v) is 7.42. The molecule has 7 nitrogen and oxygen atoms in total. The number of carbonyl (C=O) groups excluding carboxylic acids is 1. The Labute approximate surface area is 222 Å². The lowest BCUT2D eigenvalue weighted by Gasteiger charge is -2.12. The smallest absolute Gasteiger partial charge is 0.330 e. The Morgan fingerprint density at radius 1 is 1.05 bits per heavy atom. The SMILES string of the molecule is CCOC(=O)/C=C/c1c(C(=CNS(=O)(=O)c2ccc(C)cc2)c2ccc(C#N)cc2)c2ccccc2n1C. The van der Waals surface area contributed by atoms with E-state index in [1.165, 1.54) is 12.3 Å². The molecule has 0 aliphatic carbocycles. The summed E-state index contributed by atoms with van der Waals surface area (Å²) in [5.41, 5.74) is 5.00. The maximum atomic E-state index is 13.2. The highest BCUT2D eigenvalue weighted by Gasteiger charge is 2.20. The number of carbonyl (C=O) groups is 1. The minimum absolute atomic E-state index is 0.138. The summed E-state index contributed by atoms with van der Waals surface area (Å²) >= 11 is 0. The normalized spacial score (nSPS) is 12.0. The van der Waals surface area contributed by atoms with Crippen molar-refractivity contribution in [1.29, 1.82) is 5.26 Å². The molecule has 1 N–H and O–H groups in total. The number of hydrogen-bond donors (Lipinski definition) is 1. The first kappa shape index (κ1) is 26.5. The van der Waals surface area contributed by atoms with Gasteiger partial charge in [0, 0.05) is 47.1 Å². The lowest BCUT2D eigenvalue weighted by molar-refractivity contribution is -0.137. The molecule has 1 heterocycles. The number of aromatic nitrogens is 1. The van der Waals surface area contributed by atoms with Crippen molar-refractivity contribution in [2.24, 2.45) is 7.05 Å². The number of para-hydroxylation sites is 1. The maximum Gasteiger partial charge on any atom is 0.330 e. The van der Waals surface area contributed by atoms with Crippen LogP contribution in [0.1, 0.15) is 34.9 Å². The summed E-state index contributed by atoms with van der Waals surface area (Å²) in [6.45, 7) is 3.88. The lowest BCUT2D eigenvalue weighted by atomic mass is 9.95. The molecule has 1 aromatic heterocycles. The average molecular weight is 526 g/mol. The van der Waals surface area contributed by atoms with E-state index in [0.29, 0.717) is 22.4 Å². The maximum absolute atomic E-state index is 13.2. The molecule has 0 aliphatic heterocycles. The Kier molecular flexibility index (Phi) is 7.79. The van der Waals surface area contributed by atoms with E-state index in [2.05, 4.69) is 10.8 Å². The fourth-order valence-electron chi connectivity index (χ4n) is 4.17. The van der Waals surface area contributed by atoms with Crippen LogP contribution in [0, 0.1) is 18.3 Å². The molecule has 0 atom stereocenters. The van der Waals surface area contributed by atoms with Crippen LogP contribution in [0.5, 0.6) is 0 Å². The van der Waals surface area contributed by atoms with Crippen molar-refractivity contribution >= 4 is 38.5 Å². The van der Waals surface area contributed by atoms with Gasteiger partial charge in [-0.05, 0) is 55.8 Å². The van der Waals surface area contributed by atoms with Gasteiger partial charge in [-0.2, -0.15) is 5.26 Å². The lowest BCUT2D eigenvalue weighted by Crippen LogP contribution is -2.18. The molecule has 0 radical (unpaired) electrons. The molecule has 0 bridgehead atoms. The molecule has 0 amide bonds. The van der Waals surface area contributed by atoms with E-state index in [4.69, 9.17) is 4.74 Å². The Hall–Kier alpha value is -4.61. The molecule has 0 saturated carbocycles. The molecule has 38 heavy (non-hydrogen) atoms. The Bertz CT molecular complexity index is 1690. The minimum Gasteiger partial charge on any atom is -0.463 e. The van der Waals surface area contributed by atoms with Gasteiger partial charge in [-0.3, -0.25) is 4.72 Å². The Balaban J connectivity index is 1.93. The van der Waals surface area contributed by atoms with Gasteiger partial charge in [0.15, 0.2) is 0 Å². The molecular weight excluding hydrogens is 498 g/mol. The number of ether oxygens (including phenoxy) is 1. The van der Waals surface area contributed by atoms with Gasteiger partial charge in [-0.1, -0.05) is 48.0 Å². The fraction of sp³-hybridized carbons (Fsp3) is 0.133. The van der Waals surface area contributed by atoms with Crippen LogP contribution in [0.25, 0.3) is 22.6 Å². The first-order valence-electron chi connectivity index (χ1n) is 12.0. The van der Waals surface area contributed by atoms with E-state index in [-0.39, 0.29) is 11.5 Å². The highest BCUT2D eigenvalue weighted by atomic mass is 32.2. The third-order valence-electron chi connectivity index (χ3n) is 6.10. The summed E-state index contributed by atoms with van der Waals surface area (Å²) in [7, 11) is -1.99. The summed E-state index contributed by atoms with van der Waals surface area (Å²) < 4.78 is 36.0. The summed E-state index contributed by atoms with van der Waals surface area (Å²) in [4.78, 5) is 12.3. The molecule has 8 heteroatoms. The zero-order valence-electron chi connectivity index (χ0n) is 21.3. The number of aryl methyl sites for hydroxylation is 2. The van der Waals surface area contributed by atoms with Crippen LogP contribution in [-0.4, -0.2) is 25.6 Å². The summed E-state index contributed by atoms with van der Waals surface area (Å²) in [5.74, 6) is -0.479. The van der Waals surface area contributed by atoms with E-state index in [1.807, 2.05) is 42.8 Å². The fourth-order valence-corrected chi connectivity index (χ4v) is 5.08. The van der Waals surface area contributed by atoms with E-state index >= 15 is 0 Å². The van der Waals surface area contributed by atoms with Crippen molar-refractivity contribution < 1.29 is 17.9 Å². The number of hydrogen-bond acceptors (Lipinski definition) is 5. The van der Waals surface area contributed by atoms with Gasteiger partial charge in [0.25, 0.3) is 10.0 Å². The molecule has 0 spiro atoms. The van der Waals surface area contributed by atoms with Crippen LogP contribution in [-0.2, 0) is 26.6 Å². The van der Waals surface area contributed by atoms with Crippen LogP contribution in [0.3, 0.4) is 0 Å². The second-order valence-electron chi connectivity index (χ2n) is 8.60. The summed E-state index contributed by atoms with van der Waals surface area (Å²) in [6, 6.07) is 23.3. The Morgan fingerprint density at radius 2 is 1.74 bits per heavy atom. The highest BCUT2D eigenvalue weighted by molar-refractivity contribution is 7.89. The second-order valence-corrected chi connectivity index (χ2v) is 10.3.